The van der Waals surface area contributed by atoms with Gasteiger partial charge in [0.1, 0.15) is 16.6 Å². The quantitative estimate of drug-likeness (QED) is 0.133. The van der Waals surface area contributed by atoms with Crippen LogP contribution in [0.1, 0.15) is 43.7 Å². The number of nitrogens with two attached hydrogens (primary N) is 2. The minimum atomic E-state index is -3.86. The number of primary sulfonamides is 1. The van der Waals surface area contributed by atoms with Crippen LogP contribution in [0.4, 0.5) is 4.79 Å². The zero-order valence-electron chi connectivity index (χ0n) is 21.2. The number of hydrogen-bond donors (Lipinski definition) is 3. The number of aryl methyl sites for hydroxylation is 1. The van der Waals surface area contributed by atoms with Crippen LogP contribution < -0.4 is 20.9 Å². The van der Waals surface area contributed by atoms with Crippen molar-refractivity contribution in [2.75, 3.05) is 6.54 Å². The number of nitrogens with one attached hydrogen (secondary N) is 1. The summed E-state index contributed by atoms with van der Waals surface area (Å²) in [6.45, 7) is 2.44. The average Bonchev–Trinajstić information content (AvgIpc) is 2.90. The molecule has 0 saturated heterocycles. The van der Waals surface area contributed by atoms with Crippen molar-refractivity contribution >= 4 is 39.2 Å². The highest BCUT2D eigenvalue weighted by Gasteiger charge is 2.14. The van der Waals surface area contributed by atoms with E-state index in [4.69, 9.17) is 27.8 Å². The topological polar surface area (TPSA) is 137 Å². The summed E-state index contributed by atoms with van der Waals surface area (Å²) in [6.07, 6.45) is 3.74. The van der Waals surface area contributed by atoms with Crippen LogP contribution in [-0.4, -0.2) is 31.9 Å². The highest BCUT2D eigenvalue weighted by molar-refractivity contribution is 7.89. The Kier molecular flexibility index (Phi) is 10.5. The van der Waals surface area contributed by atoms with Crippen molar-refractivity contribution in [3.63, 3.8) is 0 Å². The lowest BCUT2D eigenvalue weighted by atomic mass is 10.0. The zero-order valence-corrected chi connectivity index (χ0v) is 22.9. The van der Waals surface area contributed by atoms with Crippen LogP contribution in [0.2, 0.25) is 0 Å². The number of carbonyl (C=O) groups is 1. The molecule has 3 aromatic carbocycles. The number of carbonyl (C=O) groups excluding carboxylic acids is 1. The second-order valence-electron chi connectivity index (χ2n) is 8.64. The number of aliphatic imine (C=N–C) groups is 1. The Morgan fingerprint density at radius 3 is 2.45 bits per heavy atom. The average molecular weight is 553 g/mol. The van der Waals surface area contributed by atoms with Crippen molar-refractivity contribution in [3.05, 3.63) is 83.9 Å². The van der Waals surface area contributed by atoms with Gasteiger partial charge in [-0.05, 0) is 61.1 Å². The van der Waals surface area contributed by atoms with Gasteiger partial charge in [-0.1, -0.05) is 74.1 Å². The summed E-state index contributed by atoms with van der Waals surface area (Å²) in [6, 6.07) is 21.0. The lowest BCUT2D eigenvalue weighted by molar-refractivity contribution is 0.200. The van der Waals surface area contributed by atoms with E-state index in [-0.39, 0.29) is 4.90 Å². The van der Waals surface area contributed by atoms with E-state index in [0.717, 1.165) is 31.2 Å². The molecule has 0 spiro atoms. The van der Waals surface area contributed by atoms with Crippen LogP contribution in [0.25, 0.3) is 11.1 Å². The number of benzene rings is 3. The third kappa shape index (κ3) is 8.76. The fourth-order valence-electron chi connectivity index (χ4n) is 3.78. The van der Waals surface area contributed by atoms with Gasteiger partial charge in [0.2, 0.25) is 10.0 Å². The summed E-state index contributed by atoms with van der Waals surface area (Å²) >= 11 is 5.14. The second-order valence-corrected chi connectivity index (χ2v) is 10.6. The first-order chi connectivity index (χ1) is 18.2. The Bertz CT molecular complexity index is 1400. The fourth-order valence-corrected chi connectivity index (χ4v) is 4.64. The van der Waals surface area contributed by atoms with E-state index in [0.29, 0.717) is 40.7 Å². The first-order valence-corrected chi connectivity index (χ1v) is 14.3. The highest BCUT2D eigenvalue weighted by Crippen LogP contribution is 2.28. The van der Waals surface area contributed by atoms with Crippen molar-refractivity contribution in [1.29, 1.82) is 0 Å². The molecule has 0 heterocycles. The molecule has 200 valence electrons. The summed E-state index contributed by atoms with van der Waals surface area (Å²) in [5.41, 5.74) is 9.22. The molecule has 38 heavy (non-hydrogen) atoms. The molecule has 10 heteroatoms. The number of nitrogens with zero attached hydrogens (tertiary/aromatic N) is 1. The molecule has 0 saturated carbocycles. The van der Waals surface area contributed by atoms with Crippen molar-refractivity contribution in [1.82, 2.24) is 5.32 Å². The first kappa shape index (κ1) is 29.0. The molecular formula is C28H32N4O4S2. The van der Waals surface area contributed by atoms with Crippen molar-refractivity contribution in [2.45, 2.75) is 43.9 Å². The van der Waals surface area contributed by atoms with E-state index in [2.05, 4.69) is 16.4 Å². The van der Waals surface area contributed by atoms with Gasteiger partial charge >= 0.3 is 6.09 Å². The van der Waals surface area contributed by atoms with Crippen molar-refractivity contribution < 1.29 is 17.9 Å². The molecule has 5 N–H and O–H groups in total. The van der Waals surface area contributed by atoms with Crippen LogP contribution in [-0.2, 0) is 16.4 Å². The largest absolute Gasteiger partial charge is 0.412 e. The Balaban J connectivity index is 1.41. The van der Waals surface area contributed by atoms with Crippen molar-refractivity contribution in [3.8, 4) is 16.9 Å². The molecule has 0 bridgehead atoms. The molecule has 0 atom stereocenters. The van der Waals surface area contributed by atoms with Gasteiger partial charge < -0.3 is 15.8 Å². The minimum Gasteiger partial charge on any atom is -0.410 e. The van der Waals surface area contributed by atoms with Crippen LogP contribution in [0, 0.1) is 0 Å². The summed E-state index contributed by atoms with van der Waals surface area (Å²) in [5.74, 6) is 0.783. The number of rotatable bonds is 11. The highest BCUT2D eigenvalue weighted by atomic mass is 32.2. The molecule has 0 aromatic heterocycles. The molecule has 0 radical (unpaired) electrons. The van der Waals surface area contributed by atoms with E-state index in [9.17, 15) is 13.2 Å². The number of unbranched alkanes of at least 4 members (excludes halogenated alkanes) is 2. The van der Waals surface area contributed by atoms with Crippen LogP contribution in [0.3, 0.4) is 0 Å². The Hall–Kier alpha value is -3.60. The molecule has 3 rings (SSSR count). The summed E-state index contributed by atoms with van der Waals surface area (Å²) < 4.78 is 29.0. The zero-order chi connectivity index (χ0) is 27.5. The van der Waals surface area contributed by atoms with Crippen LogP contribution in [0.15, 0.2) is 82.7 Å². The van der Waals surface area contributed by atoms with Gasteiger partial charge in [0.25, 0.3) is 0 Å². The third-order valence-electron chi connectivity index (χ3n) is 5.75. The van der Waals surface area contributed by atoms with E-state index in [1.54, 1.807) is 42.5 Å². The lowest BCUT2D eigenvalue weighted by Gasteiger charge is -2.10. The van der Waals surface area contributed by atoms with E-state index >= 15 is 0 Å². The number of sulfonamides is 1. The second kappa shape index (κ2) is 13.8. The van der Waals surface area contributed by atoms with Gasteiger partial charge in [-0.3, -0.25) is 0 Å². The maximum atomic E-state index is 12.1. The Labute approximate surface area is 229 Å². The number of amidine groups is 1. The number of ether oxygens (including phenoxy) is 1. The van der Waals surface area contributed by atoms with Crippen LogP contribution >= 0.6 is 12.2 Å². The molecule has 3 aromatic rings. The maximum absolute atomic E-state index is 12.1. The van der Waals surface area contributed by atoms with Gasteiger partial charge in [-0.25, -0.2) is 23.3 Å². The SMILES string of the molecule is CCC(=S)N=C(N)c1cccc(CCCCCNC(=O)Oc2ccc(-c3ccccc3S(N)(=O)=O)cc2)c1. The predicted octanol–water partition coefficient (Wildman–Crippen LogP) is 4.95. The van der Waals surface area contributed by atoms with E-state index in [1.165, 1.54) is 11.6 Å². The molecule has 0 aliphatic rings. The normalized spacial score (nSPS) is 11.7. The van der Waals surface area contributed by atoms with Crippen LogP contribution in [0.5, 0.6) is 5.75 Å². The van der Waals surface area contributed by atoms with E-state index in [1.807, 2.05) is 25.1 Å². The van der Waals surface area contributed by atoms with E-state index < -0.39 is 16.1 Å². The number of hydrogen-bond acceptors (Lipinski definition) is 5. The molecular weight excluding hydrogens is 520 g/mol. The van der Waals surface area contributed by atoms with Crippen molar-refractivity contribution in [2.24, 2.45) is 15.9 Å². The minimum absolute atomic E-state index is 0.0359. The van der Waals surface area contributed by atoms with Gasteiger partial charge in [-0.2, -0.15) is 0 Å². The van der Waals surface area contributed by atoms with Gasteiger partial charge in [0.15, 0.2) is 0 Å². The monoisotopic (exact) mass is 552 g/mol. The van der Waals surface area contributed by atoms with Gasteiger partial charge in [0.05, 0.1) is 4.90 Å². The standard InChI is InChI=1S/C28H32N4O4S2/c1-2-26(37)32-27(29)22-11-8-10-20(19-22)9-4-3-7-18-31-28(33)36-23-16-14-21(15-17-23)24-12-5-6-13-25(24)38(30,34)35/h5-6,8,10-17,19H,2-4,7,9,18H2,1H3,(H,31,33)(H2,29,32,37)(H2,30,34,35). The lowest BCUT2D eigenvalue weighted by Crippen LogP contribution is -2.27. The molecule has 0 aliphatic carbocycles. The Morgan fingerprint density at radius 2 is 1.74 bits per heavy atom. The summed E-state index contributed by atoms with van der Waals surface area (Å²) in [7, 11) is -3.86. The molecule has 0 unspecified atom stereocenters. The summed E-state index contributed by atoms with van der Waals surface area (Å²) in [5, 5.41) is 8.07. The Morgan fingerprint density at radius 1 is 1.00 bits per heavy atom. The maximum Gasteiger partial charge on any atom is 0.412 e. The smallest absolute Gasteiger partial charge is 0.410 e. The molecule has 0 aliphatic heterocycles. The number of thiocarbonyl (C=S) groups is 1. The fraction of sp³-hybridized carbons (Fsp3) is 0.250. The van der Waals surface area contributed by atoms with Gasteiger partial charge in [0, 0.05) is 17.7 Å². The first-order valence-electron chi connectivity index (χ1n) is 12.3. The summed E-state index contributed by atoms with van der Waals surface area (Å²) in [4.78, 5) is 17.0. The van der Waals surface area contributed by atoms with Gasteiger partial charge in [-0.15, -0.1) is 0 Å². The predicted molar refractivity (Wildman–Crippen MR) is 155 cm³/mol. The third-order valence-corrected chi connectivity index (χ3v) is 7.10. The number of amides is 1. The molecule has 0 fully saturated rings. The molecule has 1 amide bonds. The molecule has 8 nitrogen and oxygen atoms in total.